The van der Waals surface area contributed by atoms with Crippen LogP contribution in [0.15, 0.2) is 24.3 Å². The number of hydrogen-bond acceptors (Lipinski definition) is 3. The van der Waals surface area contributed by atoms with Crippen molar-refractivity contribution < 1.29 is 13.9 Å². The molecular formula is C12H18FNO2. The van der Waals surface area contributed by atoms with Crippen LogP contribution in [0.25, 0.3) is 0 Å². The third-order valence-corrected chi connectivity index (χ3v) is 2.00. The van der Waals surface area contributed by atoms with Crippen LogP contribution in [0.2, 0.25) is 0 Å². The third kappa shape index (κ3) is 5.09. The normalized spacial score (nSPS) is 10.4. The minimum absolute atomic E-state index is 0.276. The average Bonchev–Trinajstić information content (AvgIpc) is 2.30. The Labute approximate surface area is 95.6 Å². The van der Waals surface area contributed by atoms with Crippen LogP contribution < -0.4 is 10.1 Å². The van der Waals surface area contributed by atoms with Gasteiger partial charge in [-0.3, -0.25) is 0 Å². The van der Waals surface area contributed by atoms with E-state index in [0.29, 0.717) is 19.8 Å². The summed E-state index contributed by atoms with van der Waals surface area (Å²) in [6.45, 7) is 5.30. The number of para-hydroxylation sites is 1. The van der Waals surface area contributed by atoms with Gasteiger partial charge in [0, 0.05) is 6.54 Å². The fourth-order valence-corrected chi connectivity index (χ4v) is 1.20. The van der Waals surface area contributed by atoms with Gasteiger partial charge in [0.05, 0.1) is 13.2 Å². The Hall–Kier alpha value is -1.13. The van der Waals surface area contributed by atoms with Crippen LogP contribution in [0.1, 0.15) is 6.92 Å². The van der Waals surface area contributed by atoms with Gasteiger partial charge in [0.25, 0.3) is 0 Å². The van der Waals surface area contributed by atoms with Gasteiger partial charge in [-0.05, 0) is 18.7 Å². The fourth-order valence-electron chi connectivity index (χ4n) is 1.20. The van der Waals surface area contributed by atoms with Gasteiger partial charge in [0.15, 0.2) is 11.6 Å². The summed E-state index contributed by atoms with van der Waals surface area (Å²) in [4.78, 5) is 0. The number of ether oxygens (including phenoxy) is 2. The molecule has 0 aromatic heterocycles. The maximum atomic E-state index is 13.1. The molecule has 0 saturated carbocycles. The predicted octanol–water partition coefficient (Wildman–Crippen LogP) is 1.83. The zero-order valence-corrected chi connectivity index (χ0v) is 9.54. The number of halogens is 1. The topological polar surface area (TPSA) is 30.5 Å². The highest BCUT2D eigenvalue weighted by Crippen LogP contribution is 2.14. The second kappa shape index (κ2) is 8.07. The fraction of sp³-hybridized carbons (Fsp3) is 0.500. The SMILES string of the molecule is CCNCCOCCOc1ccccc1F. The lowest BCUT2D eigenvalue weighted by Crippen LogP contribution is -2.20. The lowest BCUT2D eigenvalue weighted by atomic mass is 10.3. The second-order valence-corrected chi connectivity index (χ2v) is 3.24. The lowest BCUT2D eigenvalue weighted by Gasteiger charge is -2.07. The van der Waals surface area contributed by atoms with Crippen molar-refractivity contribution in [1.82, 2.24) is 5.32 Å². The molecule has 90 valence electrons. The van der Waals surface area contributed by atoms with E-state index in [2.05, 4.69) is 5.32 Å². The quantitative estimate of drug-likeness (QED) is 0.687. The number of rotatable bonds is 8. The van der Waals surface area contributed by atoms with E-state index in [1.54, 1.807) is 18.2 Å². The minimum atomic E-state index is -0.338. The molecule has 1 aromatic rings. The molecule has 4 heteroatoms. The van der Waals surface area contributed by atoms with Crippen molar-refractivity contribution in [2.75, 3.05) is 32.9 Å². The van der Waals surface area contributed by atoms with E-state index in [0.717, 1.165) is 13.1 Å². The van der Waals surface area contributed by atoms with Crippen LogP contribution in [0, 0.1) is 5.82 Å². The summed E-state index contributed by atoms with van der Waals surface area (Å²) in [5.74, 6) is -0.0621. The molecule has 0 heterocycles. The van der Waals surface area contributed by atoms with Crippen molar-refractivity contribution in [1.29, 1.82) is 0 Å². The van der Waals surface area contributed by atoms with E-state index in [9.17, 15) is 4.39 Å². The molecule has 0 atom stereocenters. The zero-order chi connectivity index (χ0) is 11.6. The van der Waals surface area contributed by atoms with E-state index in [-0.39, 0.29) is 11.6 Å². The second-order valence-electron chi connectivity index (χ2n) is 3.24. The Bertz CT molecular complexity index is 294. The first kappa shape index (κ1) is 12.9. The molecule has 0 spiro atoms. The Kier molecular flexibility index (Phi) is 6.53. The summed E-state index contributed by atoms with van der Waals surface area (Å²) in [5, 5.41) is 3.14. The molecule has 1 rings (SSSR count). The zero-order valence-electron chi connectivity index (χ0n) is 9.54. The first-order chi connectivity index (χ1) is 7.84. The molecule has 0 bridgehead atoms. The maximum absolute atomic E-state index is 13.1. The molecular weight excluding hydrogens is 209 g/mol. The van der Waals surface area contributed by atoms with E-state index in [4.69, 9.17) is 9.47 Å². The van der Waals surface area contributed by atoms with E-state index >= 15 is 0 Å². The van der Waals surface area contributed by atoms with E-state index in [1.165, 1.54) is 6.07 Å². The number of likely N-dealkylation sites (N-methyl/N-ethyl adjacent to an activating group) is 1. The summed E-state index contributed by atoms with van der Waals surface area (Å²) in [6.07, 6.45) is 0. The molecule has 0 saturated heterocycles. The van der Waals surface area contributed by atoms with Gasteiger partial charge in [-0.15, -0.1) is 0 Å². The van der Waals surface area contributed by atoms with Crippen molar-refractivity contribution >= 4 is 0 Å². The standard InChI is InChI=1S/C12H18FNO2/c1-2-14-7-8-15-9-10-16-12-6-4-3-5-11(12)13/h3-6,14H,2,7-10H2,1H3. The highest BCUT2D eigenvalue weighted by Gasteiger charge is 2.00. The monoisotopic (exact) mass is 227 g/mol. The van der Waals surface area contributed by atoms with Crippen LogP contribution in [0.3, 0.4) is 0 Å². The predicted molar refractivity (Wildman–Crippen MR) is 61.3 cm³/mol. The van der Waals surface area contributed by atoms with Gasteiger partial charge < -0.3 is 14.8 Å². The van der Waals surface area contributed by atoms with Gasteiger partial charge in [-0.25, -0.2) is 4.39 Å². The van der Waals surface area contributed by atoms with Gasteiger partial charge in [0.2, 0.25) is 0 Å². The Morgan fingerprint density at radius 1 is 1.19 bits per heavy atom. The van der Waals surface area contributed by atoms with Crippen LogP contribution in [0.5, 0.6) is 5.75 Å². The smallest absolute Gasteiger partial charge is 0.165 e. The molecule has 3 nitrogen and oxygen atoms in total. The largest absolute Gasteiger partial charge is 0.488 e. The first-order valence-corrected chi connectivity index (χ1v) is 5.50. The maximum Gasteiger partial charge on any atom is 0.165 e. The molecule has 0 fully saturated rings. The number of benzene rings is 1. The highest BCUT2D eigenvalue weighted by molar-refractivity contribution is 5.23. The van der Waals surface area contributed by atoms with Crippen molar-refractivity contribution in [3.05, 3.63) is 30.1 Å². The van der Waals surface area contributed by atoms with E-state index in [1.807, 2.05) is 6.92 Å². The van der Waals surface area contributed by atoms with Gasteiger partial charge in [-0.2, -0.15) is 0 Å². The van der Waals surface area contributed by atoms with Crippen molar-refractivity contribution in [3.63, 3.8) is 0 Å². The summed E-state index contributed by atoms with van der Waals surface area (Å²) in [5.41, 5.74) is 0. The lowest BCUT2D eigenvalue weighted by molar-refractivity contribution is 0.101. The summed E-state index contributed by atoms with van der Waals surface area (Å²) < 4.78 is 23.6. The van der Waals surface area contributed by atoms with E-state index < -0.39 is 0 Å². The molecule has 0 aliphatic heterocycles. The molecule has 0 unspecified atom stereocenters. The molecule has 1 N–H and O–H groups in total. The molecule has 0 amide bonds. The summed E-state index contributed by atoms with van der Waals surface area (Å²) in [6, 6.07) is 6.36. The molecule has 0 aliphatic rings. The van der Waals surface area contributed by atoms with Gasteiger partial charge in [0.1, 0.15) is 6.61 Å². The van der Waals surface area contributed by atoms with Crippen LogP contribution in [-0.4, -0.2) is 32.9 Å². The van der Waals surface area contributed by atoms with Crippen LogP contribution in [0.4, 0.5) is 4.39 Å². The number of hydrogen-bond donors (Lipinski definition) is 1. The summed E-state index contributed by atoms with van der Waals surface area (Å²) in [7, 11) is 0. The summed E-state index contributed by atoms with van der Waals surface area (Å²) >= 11 is 0. The Morgan fingerprint density at radius 3 is 2.75 bits per heavy atom. The minimum Gasteiger partial charge on any atom is -0.488 e. The van der Waals surface area contributed by atoms with Gasteiger partial charge >= 0.3 is 0 Å². The van der Waals surface area contributed by atoms with Crippen molar-refractivity contribution in [2.45, 2.75) is 6.92 Å². The molecule has 1 aromatic carbocycles. The van der Waals surface area contributed by atoms with Gasteiger partial charge in [-0.1, -0.05) is 19.1 Å². The van der Waals surface area contributed by atoms with Crippen LogP contribution in [-0.2, 0) is 4.74 Å². The average molecular weight is 227 g/mol. The molecule has 0 radical (unpaired) electrons. The first-order valence-electron chi connectivity index (χ1n) is 5.50. The molecule has 16 heavy (non-hydrogen) atoms. The molecule has 0 aliphatic carbocycles. The van der Waals surface area contributed by atoms with Crippen LogP contribution >= 0.6 is 0 Å². The van der Waals surface area contributed by atoms with Crippen molar-refractivity contribution in [3.8, 4) is 5.75 Å². The van der Waals surface area contributed by atoms with Crippen molar-refractivity contribution in [2.24, 2.45) is 0 Å². The highest BCUT2D eigenvalue weighted by atomic mass is 19.1. The Balaban J connectivity index is 2.05. The Morgan fingerprint density at radius 2 is 2.00 bits per heavy atom. The third-order valence-electron chi connectivity index (χ3n) is 2.00. The number of nitrogens with one attached hydrogen (secondary N) is 1.